The number of carbonyl (C=O) groups excluding carboxylic acids is 1. The highest BCUT2D eigenvalue weighted by Gasteiger charge is 2.22. The number of aliphatic carboxylic acids is 1. The average Bonchev–Trinajstić information content (AvgIpc) is 2.65. The summed E-state index contributed by atoms with van der Waals surface area (Å²) in [5.74, 6) is -1.92. The topological polar surface area (TPSA) is 63.6 Å². The monoisotopic (exact) mass is 380 g/mol. The predicted octanol–water partition coefficient (Wildman–Crippen LogP) is 6.45. The van der Waals surface area contributed by atoms with Gasteiger partial charge in [-0.2, -0.15) is 0 Å². The Morgan fingerprint density at radius 2 is 1.48 bits per heavy atom. The number of hydrogen-bond donors (Lipinski definition) is 1. The van der Waals surface area contributed by atoms with Gasteiger partial charge in [0.2, 0.25) is 0 Å². The third-order valence-electron chi connectivity index (χ3n) is 4.66. The summed E-state index contributed by atoms with van der Waals surface area (Å²) in [6.45, 7) is 5.88. The van der Waals surface area contributed by atoms with E-state index in [-0.39, 0.29) is 13.0 Å². The molecule has 0 heterocycles. The van der Waals surface area contributed by atoms with Crippen LogP contribution in [0.4, 0.5) is 0 Å². The van der Waals surface area contributed by atoms with Crippen LogP contribution in [0.15, 0.2) is 24.8 Å². The molecule has 0 fully saturated rings. The SMILES string of the molecule is C=CCOC(=O)C(CCCCCC/C=C/CCCCCCCC)CC(=O)O. The van der Waals surface area contributed by atoms with Crippen LogP contribution in [0.25, 0.3) is 0 Å². The molecule has 0 saturated carbocycles. The standard InChI is InChI=1S/C23H40O4/c1-3-5-6-7-8-9-10-11-12-13-14-15-16-17-18-21(20-22(24)25)23(26)27-19-4-2/h4,11-12,21H,2-3,5-10,13-20H2,1H3,(H,24,25)/b12-11+. The molecular formula is C23H40O4. The van der Waals surface area contributed by atoms with E-state index in [1.807, 2.05) is 0 Å². The number of carboxylic acid groups (broad SMARTS) is 1. The van der Waals surface area contributed by atoms with Gasteiger partial charge >= 0.3 is 11.9 Å². The molecule has 0 saturated heterocycles. The average molecular weight is 381 g/mol. The van der Waals surface area contributed by atoms with E-state index in [0.717, 1.165) is 32.1 Å². The minimum atomic E-state index is -0.953. The van der Waals surface area contributed by atoms with Gasteiger partial charge in [0.25, 0.3) is 0 Å². The molecule has 4 heteroatoms. The van der Waals surface area contributed by atoms with Gasteiger partial charge in [0, 0.05) is 0 Å². The van der Waals surface area contributed by atoms with Crippen molar-refractivity contribution in [2.45, 2.75) is 96.8 Å². The molecule has 0 aromatic rings. The molecule has 156 valence electrons. The zero-order chi connectivity index (χ0) is 20.2. The number of allylic oxidation sites excluding steroid dienone is 2. The largest absolute Gasteiger partial charge is 0.481 e. The second kappa shape index (κ2) is 19.2. The van der Waals surface area contributed by atoms with Crippen LogP contribution in [0.5, 0.6) is 0 Å². The van der Waals surface area contributed by atoms with Gasteiger partial charge in [-0.25, -0.2) is 0 Å². The second-order valence-electron chi connectivity index (χ2n) is 7.23. The summed E-state index contributed by atoms with van der Waals surface area (Å²) in [7, 11) is 0. The summed E-state index contributed by atoms with van der Waals surface area (Å²) in [5, 5.41) is 8.94. The Kier molecular flexibility index (Phi) is 18.1. The fourth-order valence-corrected chi connectivity index (χ4v) is 3.06. The Morgan fingerprint density at radius 1 is 0.926 bits per heavy atom. The molecule has 27 heavy (non-hydrogen) atoms. The molecule has 0 aliphatic rings. The number of unbranched alkanes of at least 4 members (excludes halogenated alkanes) is 10. The van der Waals surface area contributed by atoms with Crippen molar-refractivity contribution in [1.82, 2.24) is 0 Å². The molecule has 1 N–H and O–H groups in total. The van der Waals surface area contributed by atoms with Gasteiger partial charge in [-0.15, -0.1) is 0 Å². The van der Waals surface area contributed by atoms with E-state index in [1.54, 1.807) is 0 Å². The smallest absolute Gasteiger partial charge is 0.309 e. The van der Waals surface area contributed by atoms with E-state index >= 15 is 0 Å². The Labute approximate surface area is 166 Å². The highest BCUT2D eigenvalue weighted by Crippen LogP contribution is 2.17. The molecule has 0 amide bonds. The van der Waals surface area contributed by atoms with Crippen LogP contribution in [0.2, 0.25) is 0 Å². The first-order chi connectivity index (χ1) is 13.1. The summed E-state index contributed by atoms with van der Waals surface area (Å²) in [5.41, 5.74) is 0. The Hall–Kier alpha value is -1.58. The van der Waals surface area contributed by atoms with Crippen molar-refractivity contribution in [3.63, 3.8) is 0 Å². The van der Waals surface area contributed by atoms with Crippen LogP contribution in [0.1, 0.15) is 96.8 Å². The molecule has 4 nitrogen and oxygen atoms in total. The van der Waals surface area contributed by atoms with E-state index in [9.17, 15) is 9.59 Å². The number of hydrogen-bond acceptors (Lipinski definition) is 3. The first-order valence-corrected chi connectivity index (χ1v) is 10.8. The van der Waals surface area contributed by atoms with Gasteiger partial charge in [0.05, 0.1) is 12.3 Å². The summed E-state index contributed by atoms with van der Waals surface area (Å²) in [6, 6.07) is 0. The van der Waals surface area contributed by atoms with Crippen LogP contribution in [0, 0.1) is 5.92 Å². The Morgan fingerprint density at radius 3 is 2.04 bits per heavy atom. The molecule has 0 aliphatic carbocycles. The lowest BCUT2D eigenvalue weighted by atomic mass is 9.97. The predicted molar refractivity (Wildman–Crippen MR) is 112 cm³/mol. The molecule has 0 bridgehead atoms. The van der Waals surface area contributed by atoms with Gasteiger partial charge in [-0.3, -0.25) is 9.59 Å². The van der Waals surface area contributed by atoms with Crippen molar-refractivity contribution in [1.29, 1.82) is 0 Å². The Bertz CT molecular complexity index is 415. The van der Waals surface area contributed by atoms with Gasteiger partial charge in [-0.1, -0.05) is 83.1 Å². The molecule has 0 radical (unpaired) electrons. The van der Waals surface area contributed by atoms with Crippen molar-refractivity contribution in [3.05, 3.63) is 24.8 Å². The van der Waals surface area contributed by atoms with E-state index in [4.69, 9.17) is 9.84 Å². The number of esters is 1. The fourth-order valence-electron chi connectivity index (χ4n) is 3.06. The van der Waals surface area contributed by atoms with Crippen molar-refractivity contribution in [2.75, 3.05) is 6.61 Å². The first kappa shape index (κ1) is 25.4. The molecule has 1 unspecified atom stereocenters. The lowest BCUT2D eigenvalue weighted by Crippen LogP contribution is -2.21. The second-order valence-corrected chi connectivity index (χ2v) is 7.23. The van der Waals surface area contributed by atoms with Gasteiger partial charge in [0.15, 0.2) is 0 Å². The number of carbonyl (C=O) groups is 2. The van der Waals surface area contributed by atoms with Crippen molar-refractivity contribution >= 4 is 11.9 Å². The van der Waals surface area contributed by atoms with Crippen LogP contribution in [0.3, 0.4) is 0 Å². The van der Waals surface area contributed by atoms with E-state index in [2.05, 4.69) is 25.7 Å². The van der Waals surface area contributed by atoms with Gasteiger partial charge in [0.1, 0.15) is 6.61 Å². The quantitative estimate of drug-likeness (QED) is 0.159. The first-order valence-electron chi connectivity index (χ1n) is 10.8. The lowest BCUT2D eigenvalue weighted by Gasteiger charge is -2.13. The third kappa shape index (κ3) is 17.6. The maximum absolute atomic E-state index is 11.9. The summed E-state index contributed by atoms with van der Waals surface area (Å²) >= 11 is 0. The molecule has 0 spiro atoms. The molecule has 1 atom stereocenters. The molecule has 0 rings (SSSR count). The van der Waals surface area contributed by atoms with Gasteiger partial charge < -0.3 is 9.84 Å². The zero-order valence-corrected chi connectivity index (χ0v) is 17.3. The Balaban J connectivity index is 3.66. The van der Waals surface area contributed by atoms with Gasteiger partial charge in [-0.05, 0) is 32.1 Å². The number of carboxylic acids is 1. The van der Waals surface area contributed by atoms with Crippen LogP contribution in [-0.4, -0.2) is 23.7 Å². The zero-order valence-electron chi connectivity index (χ0n) is 17.3. The summed E-state index contributed by atoms with van der Waals surface area (Å²) in [4.78, 5) is 22.8. The van der Waals surface area contributed by atoms with E-state index in [0.29, 0.717) is 6.42 Å². The minimum absolute atomic E-state index is 0.139. The van der Waals surface area contributed by atoms with Crippen molar-refractivity contribution in [3.8, 4) is 0 Å². The molecule has 0 aromatic heterocycles. The van der Waals surface area contributed by atoms with Crippen LogP contribution >= 0.6 is 0 Å². The highest BCUT2D eigenvalue weighted by molar-refractivity contribution is 5.79. The molecular weight excluding hydrogens is 340 g/mol. The molecule has 0 aliphatic heterocycles. The minimum Gasteiger partial charge on any atom is -0.481 e. The lowest BCUT2D eigenvalue weighted by molar-refractivity contribution is -0.152. The maximum atomic E-state index is 11.9. The van der Waals surface area contributed by atoms with Crippen LogP contribution < -0.4 is 0 Å². The summed E-state index contributed by atoms with van der Waals surface area (Å²) in [6.07, 6.45) is 21.0. The normalized spacial score (nSPS) is 12.2. The third-order valence-corrected chi connectivity index (χ3v) is 4.66. The van der Waals surface area contributed by atoms with Crippen LogP contribution in [-0.2, 0) is 14.3 Å². The fraction of sp³-hybridized carbons (Fsp3) is 0.739. The number of ether oxygens (including phenoxy) is 1. The summed E-state index contributed by atoms with van der Waals surface area (Å²) < 4.78 is 4.99. The number of rotatable bonds is 19. The maximum Gasteiger partial charge on any atom is 0.309 e. The molecule has 0 aromatic carbocycles. The van der Waals surface area contributed by atoms with E-state index < -0.39 is 17.9 Å². The van der Waals surface area contributed by atoms with Crippen molar-refractivity contribution < 1.29 is 19.4 Å². The van der Waals surface area contributed by atoms with E-state index in [1.165, 1.54) is 51.0 Å². The van der Waals surface area contributed by atoms with Crippen molar-refractivity contribution in [2.24, 2.45) is 5.92 Å². The highest BCUT2D eigenvalue weighted by atomic mass is 16.5.